The van der Waals surface area contributed by atoms with Crippen molar-refractivity contribution in [1.82, 2.24) is 0 Å². The maximum Gasteiger partial charge on any atom is 0.163 e. The molecule has 21 heavy (non-hydrogen) atoms. The summed E-state index contributed by atoms with van der Waals surface area (Å²) >= 11 is 0. The van der Waals surface area contributed by atoms with Crippen LogP contribution in [0.3, 0.4) is 0 Å². The molecule has 1 N–H and O–H groups in total. The molecule has 0 bridgehead atoms. The van der Waals surface area contributed by atoms with Crippen LogP contribution >= 0.6 is 0 Å². The number of rotatable bonds is 6. The summed E-state index contributed by atoms with van der Waals surface area (Å²) in [5.41, 5.74) is 1.62. The number of aryl methyl sites for hydroxylation is 1. The summed E-state index contributed by atoms with van der Waals surface area (Å²) in [6, 6.07) is 12.3. The number of ketones is 1. The third-order valence-electron chi connectivity index (χ3n) is 3.30. The van der Waals surface area contributed by atoms with Gasteiger partial charge in [0.05, 0.1) is 14.2 Å². The number of ether oxygens (including phenoxy) is 2. The van der Waals surface area contributed by atoms with Crippen LogP contribution in [0.2, 0.25) is 0 Å². The minimum atomic E-state index is 0.0177. The van der Waals surface area contributed by atoms with Crippen LogP contribution in [0.15, 0.2) is 42.5 Å². The summed E-state index contributed by atoms with van der Waals surface area (Å²) in [6.45, 7) is 0. The van der Waals surface area contributed by atoms with E-state index >= 15 is 0 Å². The second kappa shape index (κ2) is 6.79. The van der Waals surface area contributed by atoms with Gasteiger partial charge in [0, 0.05) is 12.0 Å². The van der Waals surface area contributed by atoms with Gasteiger partial charge < -0.3 is 14.6 Å². The Labute approximate surface area is 123 Å². The Bertz CT molecular complexity index is 617. The lowest BCUT2D eigenvalue weighted by Gasteiger charge is -2.06. The third-order valence-corrected chi connectivity index (χ3v) is 3.30. The Hall–Kier alpha value is -2.49. The monoisotopic (exact) mass is 286 g/mol. The van der Waals surface area contributed by atoms with Crippen molar-refractivity contribution in [2.24, 2.45) is 0 Å². The number of hydrogen-bond donors (Lipinski definition) is 1. The molecule has 0 unspecified atom stereocenters. The zero-order valence-electron chi connectivity index (χ0n) is 12.1. The number of aromatic hydroxyl groups is 1. The van der Waals surface area contributed by atoms with E-state index in [0.29, 0.717) is 24.2 Å². The number of Topliss-reactive ketones (excluding diaryl/α,β-unsaturated/α-hetero) is 1. The van der Waals surface area contributed by atoms with E-state index < -0.39 is 0 Å². The number of carbonyl (C=O) groups excluding carboxylic acids is 1. The predicted octanol–water partition coefficient (Wildman–Crippen LogP) is 3.22. The smallest absolute Gasteiger partial charge is 0.163 e. The Morgan fingerprint density at radius 3 is 2.38 bits per heavy atom. The van der Waals surface area contributed by atoms with Crippen LogP contribution in [0.1, 0.15) is 22.3 Å². The van der Waals surface area contributed by atoms with Crippen molar-refractivity contribution in [3.05, 3.63) is 53.6 Å². The standard InChI is InChI=1S/C17H18O4/c1-20-14-7-3-12(4-8-14)5-9-15(18)13-6-10-16(19)17(11-13)21-2/h3-4,6-8,10-11,19H,5,9H2,1-2H3. The van der Waals surface area contributed by atoms with E-state index in [0.717, 1.165) is 11.3 Å². The number of benzene rings is 2. The first-order valence-electron chi connectivity index (χ1n) is 6.67. The molecule has 0 fully saturated rings. The van der Waals surface area contributed by atoms with Crippen molar-refractivity contribution in [2.75, 3.05) is 14.2 Å². The first kappa shape index (κ1) is 14.9. The van der Waals surface area contributed by atoms with Crippen molar-refractivity contribution in [3.8, 4) is 17.2 Å². The van der Waals surface area contributed by atoms with Crippen LogP contribution in [0.25, 0.3) is 0 Å². The average molecular weight is 286 g/mol. The normalized spacial score (nSPS) is 10.2. The molecule has 0 atom stereocenters. The molecule has 2 aromatic carbocycles. The Morgan fingerprint density at radius 1 is 1.05 bits per heavy atom. The van der Waals surface area contributed by atoms with Gasteiger partial charge in [0.25, 0.3) is 0 Å². The van der Waals surface area contributed by atoms with Gasteiger partial charge in [0.2, 0.25) is 0 Å². The van der Waals surface area contributed by atoms with E-state index in [1.165, 1.54) is 13.2 Å². The number of carbonyl (C=O) groups is 1. The fourth-order valence-electron chi connectivity index (χ4n) is 2.05. The van der Waals surface area contributed by atoms with Crippen molar-refractivity contribution in [1.29, 1.82) is 0 Å². The molecular formula is C17H18O4. The van der Waals surface area contributed by atoms with E-state index in [9.17, 15) is 9.90 Å². The summed E-state index contributed by atoms with van der Waals surface area (Å²) in [4.78, 5) is 12.2. The first-order chi connectivity index (χ1) is 10.1. The number of phenolic OH excluding ortho intramolecular Hbond substituents is 1. The summed E-state index contributed by atoms with van der Waals surface area (Å²) in [6.07, 6.45) is 1.06. The molecule has 4 heteroatoms. The van der Waals surface area contributed by atoms with Crippen LogP contribution in [0.4, 0.5) is 0 Å². The van der Waals surface area contributed by atoms with Crippen LogP contribution in [0, 0.1) is 0 Å². The zero-order valence-corrected chi connectivity index (χ0v) is 12.1. The van der Waals surface area contributed by atoms with Crippen molar-refractivity contribution in [2.45, 2.75) is 12.8 Å². The topological polar surface area (TPSA) is 55.8 Å². The van der Waals surface area contributed by atoms with Crippen LogP contribution in [-0.4, -0.2) is 25.1 Å². The van der Waals surface area contributed by atoms with Gasteiger partial charge in [-0.3, -0.25) is 4.79 Å². The molecule has 0 spiro atoms. The summed E-state index contributed by atoms with van der Waals surface area (Å²) in [5.74, 6) is 1.16. The van der Waals surface area contributed by atoms with Gasteiger partial charge in [-0.2, -0.15) is 0 Å². The molecule has 0 aliphatic carbocycles. The Kier molecular flexibility index (Phi) is 4.82. The van der Waals surface area contributed by atoms with Gasteiger partial charge in [0.15, 0.2) is 17.3 Å². The molecule has 2 rings (SSSR count). The maximum absolute atomic E-state index is 12.2. The second-order valence-corrected chi connectivity index (χ2v) is 4.66. The highest BCUT2D eigenvalue weighted by molar-refractivity contribution is 5.96. The lowest BCUT2D eigenvalue weighted by Crippen LogP contribution is -2.01. The summed E-state index contributed by atoms with van der Waals surface area (Å²) in [7, 11) is 3.08. The quantitative estimate of drug-likeness (QED) is 0.828. The highest BCUT2D eigenvalue weighted by Gasteiger charge is 2.10. The largest absolute Gasteiger partial charge is 0.504 e. The number of hydrogen-bond acceptors (Lipinski definition) is 4. The fourth-order valence-corrected chi connectivity index (χ4v) is 2.05. The molecule has 4 nitrogen and oxygen atoms in total. The van der Waals surface area contributed by atoms with Gasteiger partial charge in [-0.05, 0) is 42.3 Å². The molecule has 0 saturated heterocycles. The molecule has 0 heterocycles. The molecular weight excluding hydrogens is 268 g/mol. The molecule has 0 amide bonds. The molecule has 0 aliphatic heterocycles. The zero-order chi connectivity index (χ0) is 15.2. The first-order valence-corrected chi connectivity index (χ1v) is 6.67. The highest BCUT2D eigenvalue weighted by atomic mass is 16.5. The summed E-state index contributed by atoms with van der Waals surface area (Å²) in [5, 5.41) is 9.53. The van der Waals surface area contributed by atoms with Crippen LogP contribution in [-0.2, 0) is 6.42 Å². The lowest BCUT2D eigenvalue weighted by molar-refractivity contribution is 0.0982. The molecule has 2 aromatic rings. The minimum Gasteiger partial charge on any atom is -0.504 e. The van der Waals surface area contributed by atoms with Gasteiger partial charge in [-0.1, -0.05) is 12.1 Å². The van der Waals surface area contributed by atoms with Crippen molar-refractivity contribution < 1.29 is 19.4 Å². The van der Waals surface area contributed by atoms with E-state index in [1.54, 1.807) is 19.2 Å². The minimum absolute atomic E-state index is 0.0177. The van der Waals surface area contributed by atoms with Crippen LogP contribution in [0.5, 0.6) is 17.2 Å². The number of phenols is 1. The third kappa shape index (κ3) is 3.75. The van der Waals surface area contributed by atoms with E-state index in [-0.39, 0.29) is 11.5 Å². The van der Waals surface area contributed by atoms with Crippen molar-refractivity contribution >= 4 is 5.78 Å². The van der Waals surface area contributed by atoms with E-state index in [2.05, 4.69) is 0 Å². The van der Waals surface area contributed by atoms with Crippen LogP contribution < -0.4 is 9.47 Å². The van der Waals surface area contributed by atoms with Gasteiger partial charge >= 0.3 is 0 Å². The SMILES string of the molecule is COc1ccc(CCC(=O)c2ccc(O)c(OC)c2)cc1. The molecule has 110 valence electrons. The number of methoxy groups -OCH3 is 2. The van der Waals surface area contributed by atoms with Crippen molar-refractivity contribution in [3.63, 3.8) is 0 Å². The molecule has 0 saturated carbocycles. The lowest BCUT2D eigenvalue weighted by atomic mass is 10.0. The Morgan fingerprint density at radius 2 is 1.76 bits per heavy atom. The predicted molar refractivity (Wildman–Crippen MR) is 80.3 cm³/mol. The molecule has 0 aliphatic rings. The molecule has 0 radical (unpaired) electrons. The second-order valence-electron chi connectivity index (χ2n) is 4.66. The molecule has 0 aromatic heterocycles. The summed E-state index contributed by atoms with van der Waals surface area (Å²) < 4.78 is 10.1. The highest BCUT2D eigenvalue weighted by Crippen LogP contribution is 2.27. The van der Waals surface area contributed by atoms with Gasteiger partial charge in [-0.25, -0.2) is 0 Å². The fraction of sp³-hybridized carbons (Fsp3) is 0.235. The average Bonchev–Trinajstić information content (AvgIpc) is 2.53. The van der Waals surface area contributed by atoms with E-state index in [1.807, 2.05) is 24.3 Å². The van der Waals surface area contributed by atoms with Gasteiger partial charge in [-0.15, -0.1) is 0 Å². The van der Waals surface area contributed by atoms with E-state index in [4.69, 9.17) is 9.47 Å². The van der Waals surface area contributed by atoms with Gasteiger partial charge in [0.1, 0.15) is 5.75 Å². The Balaban J connectivity index is 2.00. The maximum atomic E-state index is 12.2.